The molecule has 1 aromatic heterocycles. The summed E-state index contributed by atoms with van der Waals surface area (Å²) >= 11 is 0. The zero-order chi connectivity index (χ0) is 11.0. The molecule has 0 unspecified atom stereocenters. The lowest BCUT2D eigenvalue weighted by molar-refractivity contribution is 0.219. The van der Waals surface area contributed by atoms with Gasteiger partial charge in [-0.2, -0.15) is 0 Å². The van der Waals surface area contributed by atoms with Crippen LogP contribution < -0.4 is 5.32 Å². The normalized spacial score (nSPS) is 17.6. The molecule has 4 heteroatoms. The summed E-state index contributed by atoms with van der Waals surface area (Å²) in [6.45, 7) is 1.06. The number of nitrogens with zero attached hydrogens (tertiary/aromatic N) is 1. The van der Waals surface area contributed by atoms with E-state index in [0.29, 0.717) is 0 Å². The van der Waals surface area contributed by atoms with Crippen LogP contribution in [0.15, 0.2) is 24.3 Å². The molecule has 0 amide bonds. The van der Waals surface area contributed by atoms with Gasteiger partial charge in [0.1, 0.15) is 0 Å². The molecule has 0 saturated heterocycles. The standard InChI is InChI=1S/C12H15N3O/c16-8-12(5-6-12)7-13-11-14-9-3-1-2-4-10(9)15-11/h1-4,16H,5-8H2,(H2,13,14,15). The van der Waals surface area contributed by atoms with Gasteiger partial charge in [-0.3, -0.25) is 0 Å². The Morgan fingerprint density at radius 1 is 1.38 bits per heavy atom. The maximum absolute atomic E-state index is 9.20. The van der Waals surface area contributed by atoms with Gasteiger partial charge in [0.2, 0.25) is 5.95 Å². The van der Waals surface area contributed by atoms with E-state index in [9.17, 15) is 5.11 Å². The second kappa shape index (κ2) is 3.49. The number of imidazole rings is 1. The number of aromatic nitrogens is 2. The molecule has 3 N–H and O–H groups in total. The maximum atomic E-state index is 9.20. The Balaban J connectivity index is 1.74. The van der Waals surface area contributed by atoms with Crippen LogP contribution in [-0.4, -0.2) is 28.2 Å². The monoisotopic (exact) mass is 217 g/mol. The van der Waals surface area contributed by atoms with E-state index in [0.717, 1.165) is 36.4 Å². The number of benzene rings is 1. The topological polar surface area (TPSA) is 60.9 Å². The van der Waals surface area contributed by atoms with Crippen molar-refractivity contribution < 1.29 is 5.11 Å². The predicted octanol–water partition coefficient (Wildman–Crippen LogP) is 1.75. The van der Waals surface area contributed by atoms with Crippen LogP contribution in [0.3, 0.4) is 0 Å². The molecule has 1 aliphatic carbocycles. The first-order valence-electron chi connectivity index (χ1n) is 5.61. The van der Waals surface area contributed by atoms with Crippen molar-refractivity contribution in [2.75, 3.05) is 18.5 Å². The van der Waals surface area contributed by atoms with E-state index >= 15 is 0 Å². The minimum atomic E-state index is 0.110. The first-order chi connectivity index (χ1) is 7.81. The zero-order valence-corrected chi connectivity index (χ0v) is 9.03. The zero-order valence-electron chi connectivity index (χ0n) is 9.03. The van der Waals surface area contributed by atoms with Crippen LogP contribution >= 0.6 is 0 Å². The van der Waals surface area contributed by atoms with Gasteiger partial charge in [-0.25, -0.2) is 4.98 Å². The van der Waals surface area contributed by atoms with Gasteiger partial charge in [-0.1, -0.05) is 12.1 Å². The van der Waals surface area contributed by atoms with Crippen LogP contribution in [0, 0.1) is 5.41 Å². The average molecular weight is 217 g/mol. The molecule has 0 aliphatic heterocycles. The second-order valence-electron chi connectivity index (χ2n) is 4.61. The highest BCUT2D eigenvalue weighted by atomic mass is 16.3. The first kappa shape index (κ1) is 9.66. The highest BCUT2D eigenvalue weighted by Crippen LogP contribution is 2.44. The van der Waals surface area contributed by atoms with Gasteiger partial charge in [-0.15, -0.1) is 0 Å². The lowest BCUT2D eigenvalue weighted by Crippen LogP contribution is -2.19. The number of H-pyrrole nitrogens is 1. The molecule has 1 fully saturated rings. The summed E-state index contributed by atoms with van der Waals surface area (Å²) in [4.78, 5) is 7.65. The molecule has 16 heavy (non-hydrogen) atoms. The Kier molecular flexibility index (Phi) is 2.11. The Hall–Kier alpha value is -1.55. The number of para-hydroxylation sites is 2. The maximum Gasteiger partial charge on any atom is 0.201 e. The number of aliphatic hydroxyl groups excluding tert-OH is 1. The van der Waals surface area contributed by atoms with Crippen molar-refractivity contribution >= 4 is 17.0 Å². The van der Waals surface area contributed by atoms with Gasteiger partial charge in [0, 0.05) is 12.0 Å². The molecule has 0 bridgehead atoms. The Morgan fingerprint density at radius 3 is 2.88 bits per heavy atom. The summed E-state index contributed by atoms with van der Waals surface area (Å²) in [7, 11) is 0. The van der Waals surface area contributed by atoms with Crippen molar-refractivity contribution in [3.05, 3.63) is 24.3 Å². The molecule has 0 spiro atoms. The molecular weight excluding hydrogens is 202 g/mol. The van der Waals surface area contributed by atoms with Gasteiger partial charge in [-0.05, 0) is 25.0 Å². The Labute approximate surface area is 93.7 Å². The third-order valence-corrected chi connectivity index (χ3v) is 3.31. The fourth-order valence-electron chi connectivity index (χ4n) is 1.88. The van der Waals surface area contributed by atoms with Crippen LogP contribution in [0.1, 0.15) is 12.8 Å². The van der Waals surface area contributed by atoms with E-state index < -0.39 is 0 Å². The third kappa shape index (κ3) is 1.65. The van der Waals surface area contributed by atoms with Crippen LogP contribution in [0.2, 0.25) is 0 Å². The lowest BCUT2D eigenvalue weighted by atomic mass is 10.1. The van der Waals surface area contributed by atoms with Crippen molar-refractivity contribution in [2.45, 2.75) is 12.8 Å². The van der Waals surface area contributed by atoms with Crippen LogP contribution in [0.5, 0.6) is 0 Å². The minimum absolute atomic E-state index is 0.110. The average Bonchev–Trinajstić information content (AvgIpc) is 2.98. The first-order valence-corrected chi connectivity index (χ1v) is 5.61. The van der Waals surface area contributed by atoms with Crippen molar-refractivity contribution in [3.8, 4) is 0 Å². The minimum Gasteiger partial charge on any atom is -0.396 e. The quantitative estimate of drug-likeness (QED) is 0.731. The largest absolute Gasteiger partial charge is 0.396 e. The van der Waals surface area contributed by atoms with Crippen molar-refractivity contribution in [1.82, 2.24) is 9.97 Å². The van der Waals surface area contributed by atoms with Crippen molar-refractivity contribution in [3.63, 3.8) is 0 Å². The number of hydrogen-bond acceptors (Lipinski definition) is 3. The SMILES string of the molecule is OCC1(CNc2nc3ccccc3[nH]2)CC1. The summed E-state index contributed by atoms with van der Waals surface area (Å²) in [5.41, 5.74) is 2.12. The highest BCUT2D eigenvalue weighted by molar-refractivity contribution is 5.77. The highest BCUT2D eigenvalue weighted by Gasteiger charge is 2.41. The van der Waals surface area contributed by atoms with E-state index in [1.54, 1.807) is 0 Å². The van der Waals surface area contributed by atoms with Crippen LogP contribution in [-0.2, 0) is 0 Å². The summed E-state index contributed by atoms with van der Waals surface area (Å²) in [6, 6.07) is 7.95. The van der Waals surface area contributed by atoms with E-state index in [1.807, 2.05) is 24.3 Å². The lowest BCUT2D eigenvalue weighted by Gasteiger charge is -2.11. The van der Waals surface area contributed by atoms with E-state index in [4.69, 9.17) is 0 Å². The van der Waals surface area contributed by atoms with Gasteiger partial charge in [0.25, 0.3) is 0 Å². The summed E-state index contributed by atoms with van der Waals surface area (Å²) in [5.74, 6) is 0.793. The summed E-state index contributed by atoms with van der Waals surface area (Å²) in [6.07, 6.45) is 2.22. The molecule has 2 aromatic rings. The number of fused-ring (bicyclic) bond motifs is 1. The molecule has 0 atom stereocenters. The van der Waals surface area contributed by atoms with Crippen LogP contribution in [0.25, 0.3) is 11.0 Å². The number of aromatic amines is 1. The molecular formula is C12H15N3O. The molecule has 0 radical (unpaired) electrons. The summed E-state index contributed by atoms with van der Waals surface area (Å²) in [5, 5.41) is 12.5. The van der Waals surface area contributed by atoms with Gasteiger partial charge in [0.15, 0.2) is 0 Å². The number of rotatable bonds is 4. The van der Waals surface area contributed by atoms with Gasteiger partial charge < -0.3 is 15.4 Å². The van der Waals surface area contributed by atoms with Crippen molar-refractivity contribution in [2.24, 2.45) is 5.41 Å². The second-order valence-corrected chi connectivity index (χ2v) is 4.61. The number of hydrogen-bond donors (Lipinski definition) is 3. The van der Waals surface area contributed by atoms with Gasteiger partial charge >= 0.3 is 0 Å². The fraction of sp³-hybridized carbons (Fsp3) is 0.417. The smallest absolute Gasteiger partial charge is 0.201 e. The Bertz CT molecular complexity index is 469. The summed E-state index contributed by atoms with van der Waals surface area (Å²) < 4.78 is 0. The number of nitrogens with one attached hydrogen (secondary N) is 2. The predicted molar refractivity (Wildman–Crippen MR) is 63.3 cm³/mol. The molecule has 84 valence electrons. The van der Waals surface area contributed by atoms with E-state index in [1.165, 1.54) is 0 Å². The number of anilines is 1. The molecule has 1 aromatic carbocycles. The fourth-order valence-corrected chi connectivity index (χ4v) is 1.88. The van der Waals surface area contributed by atoms with Crippen molar-refractivity contribution in [1.29, 1.82) is 0 Å². The molecule has 3 rings (SSSR count). The van der Waals surface area contributed by atoms with Crippen LogP contribution in [0.4, 0.5) is 5.95 Å². The van der Waals surface area contributed by atoms with Gasteiger partial charge in [0.05, 0.1) is 17.6 Å². The third-order valence-electron chi connectivity index (χ3n) is 3.31. The molecule has 1 heterocycles. The Morgan fingerprint density at radius 2 is 2.19 bits per heavy atom. The molecule has 1 aliphatic rings. The van der Waals surface area contributed by atoms with E-state index in [2.05, 4.69) is 15.3 Å². The van der Waals surface area contributed by atoms with E-state index in [-0.39, 0.29) is 12.0 Å². The molecule has 4 nitrogen and oxygen atoms in total. The number of aliphatic hydroxyl groups is 1. The molecule has 1 saturated carbocycles.